The summed E-state index contributed by atoms with van der Waals surface area (Å²) in [6.07, 6.45) is 0. The molecule has 2 heterocycles. The molecule has 9 nitrogen and oxygen atoms in total. The highest BCUT2D eigenvalue weighted by Crippen LogP contribution is 2.32. The molecule has 0 atom stereocenters. The molecular weight excluding hydrogens is 458 g/mol. The number of hydrogen-bond acceptors (Lipinski definition) is 5. The van der Waals surface area contributed by atoms with Gasteiger partial charge in [0.2, 0.25) is 0 Å². The van der Waals surface area contributed by atoms with Crippen LogP contribution in [0.2, 0.25) is 0 Å². The van der Waals surface area contributed by atoms with Crippen LogP contribution in [0.3, 0.4) is 0 Å². The maximum absolute atomic E-state index is 12.3. The summed E-state index contributed by atoms with van der Waals surface area (Å²) in [5, 5.41) is 26.7. The Morgan fingerprint density at radius 3 is 2.03 bits per heavy atom. The van der Waals surface area contributed by atoms with Crippen LogP contribution in [0.15, 0.2) is 30.3 Å². The van der Waals surface area contributed by atoms with Crippen LogP contribution in [0.25, 0.3) is 21.8 Å². The molecule has 2 amide bonds. The first-order valence-corrected chi connectivity index (χ1v) is 11.9. The van der Waals surface area contributed by atoms with E-state index in [2.05, 4.69) is 20.6 Å². The average molecular weight is 494 g/mol. The summed E-state index contributed by atoms with van der Waals surface area (Å²) in [4.78, 5) is 32.4. The van der Waals surface area contributed by atoms with Crippen molar-refractivity contribution in [2.75, 3.05) is 27.2 Å². The minimum Gasteiger partial charge on any atom is -0.508 e. The van der Waals surface area contributed by atoms with Crippen molar-refractivity contribution >= 4 is 33.6 Å². The van der Waals surface area contributed by atoms with E-state index in [1.165, 1.54) is 0 Å². The van der Waals surface area contributed by atoms with Crippen molar-refractivity contribution in [2.45, 2.75) is 34.2 Å². The molecule has 9 heteroatoms. The second-order valence-electron chi connectivity index (χ2n) is 8.92. The molecule has 36 heavy (non-hydrogen) atoms. The number of aryl methyl sites for hydroxylation is 2. The number of phenolic OH excluding ortho intramolecular Hbond substituents is 2. The van der Waals surface area contributed by atoms with E-state index in [1.54, 1.807) is 30.3 Å². The van der Waals surface area contributed by atoms with E-state index >= 15 is 0 Å². The van der Waals surface area contributed by atoms with E-state index in [4.69, 9.17) is 0 Å². The lowest BCUT2D eigenvalue weighted by atomic mass is 10.0. The second-order valence-corrected chi connectivity index (χ2v) is 8.92. The van der Waals surface area contributed by atoms with Crippen LogP contribution in [0, 0.1) is 13.8 Å². The Balaban J connectivity index is 0.000000205. The Kier molecular flexibility index (Phi) is 8.26. The van der Waals surface area contributed by atoms with Gasteiger partial charge in [0.15, 0.2) is 0 Å². The summed E-state index contributed by atoms with van der Waals surface area (Å²) in [6, 6.07) is 8.43. The Morgan fingerprint density at radius 1 is 0.861 bits per heavy atom. The predicted molar refractivity (Wildman–Crippen MR) is 143 cm³/mol. The molecule has 6 N–H and O–H groups in total. The van der Waals surface area contributed by atoms with Gasteiger partial charge in [-0.15, -0.1) is 0 Å². The number of nitrogens with zero attached hydrogens (tertiary/aromatic N) is 1. The van der Waals surface area contributed by atoms with Crippen molar-refractivity contribution in [2.24, 2.45) is 0 Å². The number of aromatic hydroxyl groups is 2. The normalized spacial score (nSPS) is 11.0. The first-order chi connectivity index (χ1) is 17.1. The van der Waals surface area contributed by atoms with E-state index in [-0.39, 0.29) is 23.3 Å². The molecule has 0 aliphatic heterocycles. The van der Waals surface area contributed by atoms with Gasteiger partial charge in [0, 0.05) is 58.4 Å². The number of carbonyl (C=O) groups excluding carboxylic acids is 2. The molecule has 2 aromatic heterocycles. The molecule has 4 rings (SSSR count). The third-order valence-electron chi connectivity index (χ3n) is 5.81. The van der Waals surface area contributed by atoms with E-state index in [0.717, 1.165) is 38.8 Å². The largest absolute Gasteiger partial charge is 0.508 e. The lowest BCUT2D eigenvalue weighted by Gasteiger charge is -2.13. The molecule has 2 aromatic carbocycles. The maximum Gasteiger partial charge on any atom is 0.253 e. The highest BCUT2D eigenvalue weighted by molar-refractivity contribution is 6.10. The molecule has 4 aromatic rings. The van der Waals surface area contributed by atoms with Gasteiger partial charge in [-0.2, -0.15) is 0 Å². The molecule has 0 fully saturated rings. The quantitative estimate of drug-likeness (QED) is 0.242. The second kappa shape index (κ2) is 11.2. The van der Waals surface area contributed by atoms with Gasteiger partial charge in [-0.1, -0.05) is 0 Å². The fourth-order valence-electron chi connectivity index (χ4n) is 4.34. The smallest absolute Gasteiger partial charge is 0.253 e. The van der Waals surface area contributed by atoms with Gasteiger partial charge in [0.05, 0.1) is 11.1 Å². The summed E-state index contributed by atoms with van der Waals surface area (Å²) >= 11 is 0. The fraction of sp³-hybridized carbons (Fsp3) is 0.333. The van der Waals surface area contributed by atoms with Crippen molar-refractivity contribution in [1.82, 2.24) is 25.5 Å². The number of phenols is 2. The molecule has 0 unspecified atom stereocenters. The van der Waals surface area contributed by atoms with Gasteiger partial charge in [-0.3, -0.25) is 9.59 Å². The number of aromatic amines is 2. The van der Waals surface area contributed by atoms with Gasteiger partial charge in [-0.05, 0) is 72.1 Å². The SMILES string of the molecule is CCNC(=O)c1c(C)[nH]c2ccc(O)c(CN(C)C)c12.CCNC(=O)c1c(C)[nH]c2ccc(O)cc12. The van der Waals surface area contributed by atoms with E-state index in [0.29, 0.717) is 30.8 Å². The summed E-state index contributed by atoms with van der Waals surface area (Å²) in [5.74, 6) is 0.159. The number of hydrogen-bond donors (Lipinski definition) is 6. The van der Waals surface area contributed by atoms with Crippen molar-refractivity contribution < 1.29 is 19.8 Å². The zero-order valence-electron chi connectivity index (χ0n) is 21.7. The van der Waals surface area contributed by atoms with Crippen molar-refractivity contribution in [3.05, 3.63) is 58.4 Å². The van der Waals surface area contributed by atoms with Gasteiger partial charge >= 0.3 is 0 Å². The predicted octanol–water partition coefficient (Wildman–Crippen LogP) is 3.92. The van der Waals surface area contributed by atoms with Crippen LogP contribution in [0.4, 0.5) is 0 Å². The zero-order chi connectivity index (χ0) is 26.6. The van der Waals surface area contributed by atoms with Crippen LogP contribution in [0.1, 0.15) is 51.5 Å². The van der Waals surface area contributed by atoms with Crippen LogP contribution in [-0.2, 0) is 6.54 Å². The number of benzene rings is 2. The number of nitrogens with one attached hydrogen (secondary N) is 4. The Labute approximate surface area is 210 Å². The summed E-state index contributed by atoms with van der Waals surface area (Å²) < 4.78 is 0. The minimum atomic E-state index is -0.114. The van der Waals surface area contributed by atoms with Crippen LogP contribution in [0.5, 0.6) is 11.5 Å². The Bertz CT molecular complexity index is 1400. The van der Waals surface area contributed by atoms with E-state index in [1.807, 2.05) is 46.7 Å². The number of amides is 2. The topological polar surface area (TPSA) is 133 Å². The third-order valence-corrected chi connectivity index (χ3v) is 5.81. The third kappa shape index (κ3) is 5.46. The molecule has 0 aliphatic rings. The molecule has 192 valence electrons. The Morgan fingerprint density at radius 2 is 1.42 bits per heavy atom. The van der Waals surface area contributed by atoms with Crippen molar-refractivity contribution in [1.29, 1.82) is 0 Å². The minimum absolute atomic E-state index is 0.109. The molecule has 0 bridgehead atoms. The number of aromatic nitrogens is 2. The molecule has 0 aliphatic carbocycles. The van der Waals surface area contributed by atoms with Crippen molar-refractivity contribution in [3.8, 4) is 11.5 Å². The number of H-pyrrole nitrogens is 2. The highest BCUT2D eigenvalue weighted by atomic mass is 16.3. The van der Waals surface area contributed by atoms with Gasteiger partial charge in [0.25, 0.3) is 11.8 Å². The zero-order valence-corrected chi connectivity index (χ0v) is 21.7. The van der Waals surface area contributed by atoms with E-state index in [9.17, 15) is 19.8 Å². The number of rotatable bonds is 6. The molecule has 0 saturated heterocycles. The highest BCUT2D eigenvalue weighted by Gasteiger charge is 2.20. The fourth-order valence-corrected chi connectivity index (χ4v) is 4.34. The summed E-state index contributed by atoms with van der Waals surface area (Å²) in [7, 11) is 3.87. The first-order valence-electron chi connectivity index (χ1n) is 11.9. The summed E-state index contributed by atoms with van der Waals surface area (Å²) in [6.45, 7) is 9.23. The average Bonchev–Trinajstić information content (AvgIpc) is 3.31. The van der Waals surface area contributed by atoms with E-state index < -0.39 is 0 Å². The Hall–Kier alpha value is -3.98. The monoisotopic (exact) mass is 493 g/mol. The maximum atomic E-state index is 12.3. The van der Waals surface area contributed by atoms with Gasteiger partial charge in [0.1, 0.15) is 11.5 Å². The standard InChI is InChI=1S/C15H21N3O2.C12H14N2O2/c1-5-16-15(20)13-9(2)17-11-6-7-12(19)10(14(11)13)8-18(3)4;1-3-13-12(16)11-7(2)14-10-5-4-8(15)6-9(10)11/h6-7,17,19H,5,8H2,1-4H3,(H,16,20);4-6,14-15H,3H2,1-2H3,(H,13,16). The molecule has 0 spiro atoms. The molecule has 0 saturated carbocycles. The van der Waals surface area contributed by atoms with Crippen molar-refractivity contribution in [3.63, 3.8) is 0 Å². The summed E-state index contributed by atoms with van der Waals surface area (Å²) in [5.41, 5.74) is 5.36. The van der Waals surface area contributed by atoms with Crippen LogP contribution in [-0.4, -0.2) is 64.1 Å². The first kappa shape index (κ1) is 26.6. The molecule has 0 radical (unpaired) electrons. The van der Waals surface area contributed by atoms with Gasteiger partial charge < -0.3 is 35.7 Å². The number of fused-ring (bicyclic) bond motifs is 2. The lowest BCUT2D eigenvalue weighted by molar-refractivity contribution is 0.0948. The number of carbonyl (C=O) groups is 2. The molecular formula is C27H35N5O4. The van der Waals surface area contributed by atoms with Gasteiger partial charge in [-0.25, -0.2) is 0 Å². The van der Waals surface area contributed by atoms with Crippen LogP contribution < -0.4 is 10.6 Å². The van der Waals surface area contributed by atoms with Crippen LogP contribution >= 0.6 is 0 Å². The lowest BCUT2D eigenvalue weighted by Crippen LogP contribution is -2.23.